The summed E-state index contributed by atoms with van der Waals surface area (Å²) in [5.41, 5.74) is 0. The van der Waals surface area contributed by atoms with Gasteiger partial charge >= 0.3 is 0 Å². The van der Waals surface area contributed by atoms with Crippen LogP contribution in [-0.2, 0) is 11.3 Å². The molecule has 0 fully saturated rings. The smallest absolute Gasteiger partial charge is 0.248 e. The Morgan fingerprint density at radius 2 is 2.05 bits per heavy atom. The number of aliphatic imine (C=N–C) groups is 1. The van der Waals surface area contributed by atoms with Crippen molar-refractivity contribution < 1.29 is 9.26 Å². The summed E-state index contributed by atoms with van der Waals surface area (Å²) < 4.78 is 10.6. The predicted molar refractivity (Wildman–Crippen MR) is 97.5 cm³/mol. The van der Waals surface area contributed by atoms with Crippen LogP contribution in [-0.4, -0.2) is 35.3 Å². The van der Waals surface area contributed by atoms with Crippen LogP contribution >= 0.6 is 24.0 Å². The zero-order chi connectivity index (χ0) is 15.7. The molecule has 0 aromatic carbocycles. The van der Waals surface area contributed by atoms with Crippen LogP contribution in [0.1, 0.15) is 58.9 Å². The highest BCUT2D eigenvalue weighted by Crippen LogP contribution is 2.12. The van der Waals surface area contributed by atoms with Crippen molar-refractivity contribution in [1.29, 1.82) is 0 Å². The van der Waals surface area contributed by atoms with E-state index in [9.17, 15) is 0 Å². The predicted octanol–water partition coefficient (Wildman–Crippen LogP) is 2.64. The van der Waals surface area contributed by atoms with Gasteiger partial charge in [0.05, 0.1) is 0 Å². The fourth-order valence-corrected chi connectivity index (χ4v) is 1.62. The van der Waals surface area contributed by atoms with Crippen molar-refractivity contribution in [2.24, 2.45) is 4.99 Å². The molecule has 0 saturated carbocycles. The van der Waals surface area contributed by atoms with Crippen molar-refractivity contribution in [2.75, 3.05) is 13.2 Å². The van der Waals surface area contributed by atoms with Gasteiger partial charge in [-0.25, -0.2) is 4.99 Å². The SMILES string of the molecule is CCNC(=NCc1nc(C(C)OCC)no1)NC(C)CC.I. The van der Waals surface area contributed by atoms with Crippen molar-refractivity contribution >= 4 is 29.9 Å². The molecule has 0 aliphatic heterocycles. The second-order valence-electron chi connectivity index (χ2n) is 4.79. The molecule has 128 valence electrons. The first-order chi connectivity index (χ1) is 10.1. The number of ether oxygens (including phenoxy) is 1. The third kappa shape index (κ3) is 7.39. The van der Waals surface area contributed by atoms with E-state index in [-0.39, 0.29) is 30.1 Å². The van der Waals surface area contributed by atoms with Crippen LogP contribution < -0.4 is 10.6 Å². The van der Waals surface area contributed by atoms with Gasteiger partial charge in [0.15, 0.2) is 11.8 Å². The summed E-state index contributed by atoms with van der Waals surface area (Å²) in [6.07, 6.45) is 0.865. The van der Waals surface area contributed by atoms with Crippen molar-refractivity contribution in [3.63, 3.8) is 0 Å². The van der Waals surface area contributed by atoms with E-state index in [1.807, 2.05) is 20.8 Å². The Balaban J connectivity index is 0.00000441. The largest absolute Gasteiger partial charge is 0.371 e. The van der Waals surface area contributed by atoms with Gasteiger partial charge in [-0.15, -0.1) is 24.0 Å². The highest BCUT2D eigenvalue weighted by atomic mass is 127. The Hall–Kier alpha value is -0.900. The topological polar surface area (TPSA) is 84.6 Å². The van der Waals surface area contributed by atoms with Gasteiger partial charge in [-0.1, -0.05) is 12.1 Å². The van der Waals surface area contributed by atoms with Gasteiger partial charge in [0, 0.05) is 19.2 Å². The average Bonchev–Trinajstić information content (AvgIpc) is 2.94. The third-order valence-electron chi connectivity index (χ3n) is 2.98. The van der Waals surface area contributed by atoms with Gasteiger partial charge in [0.2, 0.25) is 5.89 Å². The number of halogens is 1. The number of nitrogens with one attached hydrogen (secondary N) is 2. The molecular weight excluding hydrogens is 397 g/mol. The Kier molecular flexibility index (Phi) is 11.2. The minimum Gasteiger partial charge on any atom is -0.371 e. The molecule has 0 saturated heterocycles. The molecule has 1 aromatic heterocycles. The van der Waals surface area contributed by atoms with Crippen LogP contribution in [0.3, 0.4) is 0 Å². The normalized spacial score (nSPS) is 14.1. The molecule has 0 amide bonds. The monoisotopic (exact) mass is 425 g/mol. The van der Waals surface area contributed by atoms with E-state index in [2.05, 4.69) is 39.6 Å². The molecule has 0 bridgehead atoms. The maximum Gasteiger partial charge on any atom is 0.248 e. The van der Waals surface area contributed by atoms with Gasteiger partial charge in [-0.3, -0.25) is 0 Å². The lowest BCUT2D eigenvalue weighted by atomic mass is 10.3. The first kappa shape index (κ1) is 21.1. The number of aromatic nitrogens is 2. The second-order valence-corrected chi connectivity index (χ2v) is 4.79. The molecule has 2 atom stereocenters. The molecule has 1 heterocycles. The maximum atomic E-state index is 5.43. The summed E-state index contributed by atoms with van der Waals surface area (Å²) >= 11 is 0. The molecule has 1 aromatic rings. The van der Waals surface area contributed by atoms with Crippen molar-refractivity contribution in [1.82, 2.24) is 20.8 Å². The molecule has 0 radical (unpaired) electrons. The molecule has 1 rings (SSSR count). The van der Waals surface area contributed by atoms with Crippen molar-refractivity contribution in [3.8, 4) is 0 Å². The van der Waals surface area contributed by atoms with Gasteiger partial charge in [0.1, 0.15) is 12.6 Å². The van der Waals surface area contributed by atoms with Crippen LogP contribution in [0.2, 0.25) is 0 Å². The van der Waals surface area contributed by atoms with Crippen molar-refractivity contribution in [2.45, 2.75) is 59.7 Å². The summed E-state index contributed by atoms with van der Waals surface area (Å²) in [5, 5.41) is 10.4. The Morgan fingerprint density at radius 3 is 2.64 bits per heavy atom. The molecular formula is C14H28IN5O2. The van der Waals surface area contributed by atoms with E-state index >= 15 is 0 Å². The minimum atomic E-state index is -0.164. The van der Waals surface area contributed by atoms with E-state index in [0.717, 1.165) is 18.9 Å². The lowest BCUT2D eigenvalue weighted by Crippen LogP contribution is -2.41. The summed E-state index contributed by atoms with van der Waals surface area (Å²) in [6.45, 7) is 11.9. The maximum absolute atomic E-state index is 5.43. The molecule has 0 aliphatic carbocycles. The van der Waals surface area contributed by atoms with E-state index in [0.29, 0.717) is 30.9 Å². The lowest BCUT2D eigenvalue weighted by molar-refractivity contribution is 0.0683. The number of nitrogens with zero attached hydrogens (tertiary/aromatic N) is 3. The number of guanidine groups is 1. The van der Waals surface area contributed by atoms with E-state index < -0.39 is 0 Å². The van der Waals surface area contributed by atoms with Crippen LogP contribution in [0.5, 0.6) is 0 Å². The standard InChI is InChI=1S/C14H27N5O2.HI/c1-6-10(4)17-14(15-7-2)16-9-12-18-13(19-21-12)11(5)20-8-3;/h10-11H,6-9H2,1-5H3,(H2,15,16,17);1H. The van der Waals surface area contributed by atoms with Crippen LogP contribution in [0.25, 0.3) is 0 Å². The van der Waals surface area contributed by atoms with Gasteiger partial charge in [-0.2, -0.15) is 4.98 Å². The Bertz CT molecular complexity index is 439. The molecule has 2 N–H and O–H groups in total. The highest BCUT2D eigenvalue weighted by Gasteiger charge is 2.13. The molecule has 0 aliphatic rings. The first-order valence-corrected chi connectivity index (χ1v) is 7.59. The third-order valence-corrected chi connectivity index (χ3v) is 2.98. The number of hydrogen-bond donors (Lipinski definition) is 2. The Labute approximate surface area is 149 Å². The summed E-state index contributed by atoms with van der Waals surface area (Å²) in [5.74, 6) is 1.80. The van der Waals surface area contributed by atoms with Gasteiger partial charge in [0.25, 0.3) is 0 Å². The number of rotatable bonds is 8. The average molecular weight is 425 g/mol. The molecule has 22 heavy (non-hydrogen) atoms. The number of hydrogen-bond acceptors (Lipinski definition) is 5. The first-order valence-electron chi connectivity index (χ1n) is 7.59. The molecule has 2 unspecified atom stereocenters. The van der Waals surface area contributed by atoms with Crippen molar-refractivity contribution in [3.05, 3.63) is 11.7 Å². The highest BCUT2D eigenvalue weighted by molar-refractivity contribution is 14.0. The lowest BCUT2D eigenvalue weighted by Gasteiger charge is -2.15. The van der Waals surface area contributed by atoms with Crippen LogP contribution in [0.15, 0.2) is 9.52 Å². The Morgan fingerprint density at radius 1 is 1.32 bits per heavy atom. The van der Waals surface area contributed by atoms with Gasteiger partial charge in [-0.05, 0) is 34.1 Å². The summed E-state index contributed by atoms with van der Waals surface area (Å²) in [7, 11) is 0. The zero-order valence-corrected chi connectivity index (χ0v) is 16.4. The van der Waals surface area contributed by atoms with Crippen LogP contribution in [0.4, 0.5) is 0 Å². The van der Waals surface area contributed by atoms with E-state index in [4.69, 9.17) is 9.26 Å². The summed E-state index contributed by atoms with van der Waals surface area (Å²) in [4.78, 5) is 8.74. The van der Waals surface area contributed by atoms with E-state index in [1.54, 1.807) is 0 Å². The van der Waals surface area contributed by atoms with Crippen LogP contribution in [0, 0.1) is 0 Å². The summed E-state index contributed by atoms with van der Waals surface area (Å²) in [6, 6.07) is 0.360. The fourth-order valence-electron chi connectivity index (χ4n) is 1.62. The molecule has 0 spiro atoms. The van der Waals surface area contributed by atoms with Gasteiger partial charge < -0.3 is 19.9 Å². The fraction of sp³-hybridized carbons (Fsp3) is 0.786. The van der Waals surface area contributed by atoms with E-state index in [1.165, 1.54) is 0 Å². The molecule has 8 heteroatoms. The quantitative estimate of drug-likeness (QED) is 0.379. The molecule has 7 nitrogen and oxygen atoms in total. The second kappa shape index (κ2) is 11.6. The minimum absolute atomic E-state index is 0. The zero-order valence-electron chi connectivity index (χ0n) is 14.0.